The van der Waals surface area contributed by atoms with Gasteiger partial charge in [-0.3, -0.25) is 0 Å². The van der Waals surface area contributed by atoms with E-state index in [-0.39, 0.29) is 12.6 Å². The number of anilines is 1. The van der Waals surface area contributed by atoms with Gasteiger partial charge in [-0.2, -0.15) is 0 Å². The zero-order valence-electron chi connectivity index (χ0n) is 13.3. The molecule has 6 heteroatoms. The van der Waals surface area contributed by atoms with E-state index in [0.29, 0.717) is 31.0 Å². The largest absolute Gasteiger partial charge is 0.441 e. The molecule has 1 aliphatic heterocycles. The van der Waals surface area contributed by atoms with Gasteiger partial charge in [0.05, 0.1) is 12.7 Å². The number of oxazole rings is 1. The molecule has 2 amide bonds. The quantitative estimate of drug-likeness (QED) is 0.910. The molecule has 1 N–H and O–H groups in total. The number of nitrogens with one attached hydrogen (secondary N) is 1. The number of piperidine rings is 1. The molecule has 122 valence electrons. The van der Waals surface area contributed by atoms with E-state index in [1.54, 1.807) is 18.3 Å². The lowest BCUT2D eigenvalue weighted by molar-refractivity contribution is 0.0808. The van der Waals surface area contributed by atoms with Crippen molar-refractivity contribution in [2.45, 2.75) is 32.4 Å². The highest BCUT2D eigenvalue weighted by molar-refractivity contribution is 5.90. The minimum Gasteiger partial charge on any atom is -0.441 e. The molecule has 0 aliphatic carbocycles. The number of hydrogen-bond donors (Lipinski definition) is 1. The van der Waals surface area contributed by atoms with E-state index >= 15 is 0 Å². The Hall–Kier alpha value is -2.37. The second-order valence-electron chi connectivity index (χ2n) is 6.23. The van der Waals surface area contributed by atoms with Crippen molar-refractivity contribution in [1.82, 2.24) is 9.88 Å². The summed E-state index contributed by atoms with van der Waals surface area (Å²) in [6, 6.07) is 6.98. The van der Waals surface area contributed by atoms with E-state index in [0.717, 1.165) is 11.3 Å². The Morgan fingerprint density at radius 1 is 1.48 bits per heavy atom. The predicted octanol–water partition coefficient (Wildman–Crippen LogP) is 4.01. The molecular weight excluding hydrogens is 297 g/mol. The number of likely N-dealkylation sites (tertiary alicyclic amines) is 1. The fourth-order valence-electron chi connectivity index (χ4n) is 2.79. The van der Waals surface area contributed by atoms with Crippen molar-refractivity contribution >= 4 is 11.7 Å². The van der Waals surface area contributed by atoms with Gasteiger partial charge in [0, 0.05) is 17.8 Å². The van der Waals surface area contributed by atoms with Crippen molar-refractivity contribution in [3.63, 3.8) is 0 Å². The Kier molecular flexibility index (Phi) is 4.07. The standard InChI is InChI=1S/C17H20FN3O2/c1-12-10-19-15(23-12)13-5-3-6-14(9-13)20-16(22)21-8-4-7-17(2,18)11-21/h3,5-6,9-10H,4,7-8,11H2,1-2H3,(H,20,22). The smallest absolute Gasteiger partial charge is 0.321 e. The number of aromatic nitrogens is 1. The number of amides is 2. The van der Waals surface area contributed by atoms with Crippen molar-refractivity contribution in [2.24, 2.45) is 0 Å². The Bertz CT molecular complexity index is 711. The molecule has 1 aliphatic rings. The maximum absolute atomic E-state index is 14.1. The molecule has 0 saturated carbocycles. The molecule has 1 unspecified atom stereocenters. The molecule has 2 heterocycles. The molecule has 5 nitrogen and oxygen atoms in total. The monoisotopic (exact) mass is 317 g/mol. The Morgan fingerprint density at radius 2 is 2.30 bits per heavy atom. The SMILES string of the molecule is Cc1cnc(-c2cccc(NC(=O)N3CCCC(C)(F)C3)c2)o1. The molecule has 1 aromatic carbocycles. The van der Waals surface area contributed by atoms with Crippen LogP contribution in [0.4, 0.5) is 14.9 Å². The lowest BCUT2D eigenvalue weighted by Gasteiger charge is -2.35. The van der Waals surface area contributed by atoms with Gasteiger partial charge in [0.1, 0.15) is 11.4 Å². The van der Waals surface area contributed by atoms with Crippen LogP contribution in [0.15, 0.2) is 34.9 Å². The summed E-state index contributed by atoms with van der Waals surface area (Å²) in [6.45, 7) is 4.06. The number of hydrogen-bond acceptors (Lipinski definition) is 3. The normalized spacial score (nSPS) is 21.3. The lowest BCUT2D eigenvalue weighted by atomic mass is 9.97. The molecule has 1 saturated heterocycles. The van der Waals surface area contributed by atoms with Crippen molar-refractivity contribution in [2.75, 3.05) is 18.4 Å². The van der Waals surface area contributed by atoms with Gasteiger partial charge in [-0.25, -0.2) is 14.2 Å². The van der Waals surface area contributed by atoms with Crippen LogP contribution in [-0.4, -0.2) is 34.7 Å². The van der Waals surface area contributed by atoms with E-state index in [2.05, 4.69) is 10.3 Å². The number of aryl methyl sites for hydroxylation is 1. The summed E-state index contributed by atoms with van der Waals surface area (Å²) < 4.78 is 19.6. The Labute approximate surface area is 134 Å². The average Bonchev–Trinajstić information content (AvgIpc) is 2.93. The molecule has 0 bridgehead atoms. The van der Waals surface area contributed by atoms with Crippen LogP contribution in [0, 0.1) is 6.92 Å². The second-order valence-corrected chi connectivity index (χ2v) is 6.23. The summed E-state index contributed by atoms with van der Waals surface area (Å²) in [6.07, 6.45) is 2.82. The Morgan fingerprint density at radius 3 is 3.00 bits per heavy atom. The van der Waals surface area contributed by atoms with Gasteiger partial charge in [-0.1, -0.05) is 6.07 Å². The topological polar surface area (TPSA) is 58.4 Å². The zero-order valence-corrected chi connectivity index (χ0v) is 13.3. The molecule has 23 heavy (non-hydrogen) atoms. The number of alkyl halides is 1. The van der Waals surface area contributed by atoms with Crippen LogP contribution in [0.1, 0.15) is 25.5 Å². The fraction of sp³-hybridized carbons (Fsp3) is 0.412. The number of carbonyl (C=O) groups excluding carboxylic acids is 1. The van der Waals surface area contributed by atoms with Crippen molar-refractivity contribution in [3.8, 4) is 11.5 Å². The van der Waals surface area contributed by atoms with Crippen molar-refractivity contribution in [1.29, 1.82) is 0 Å². The lowest BCUT2D eigenvalue weighted by Crippen LogP contribution is -2.47. The van der Waals surface area contributed by atoms with Gasteiger partial charge >= 0.3 is 6.03 Å². The molecule has 3 rings (SSSR count). The van der Waals surface area contributed by atoms with Crippen LogP contribution in [0.2, 0.25) is 0 Å². The summed E-state index contributed by atoms with van der Waals surface area (Å²) in [5.41, 5.74) is 0.104. The third-order valence-electron chi connectivity index (χ3n) is 3.92. The molecule has 1 atom stereocenters. The summed E-state index contributed by atoms with van der Waals surface area (Å²) in [5, 5.41) is 2.82. The summed E-state index contributed by atoms with van der Waals surface area (Å²) in [7, 11) is 0. The Balaban J connectivity index is 1.71. The zero-order chi connectivity index (χ0) is 16.4. The van der Waals surface area contributed by atoms with E-state index < -0.39 is 5.67 Å². The number of halogens is 1. The van der Waals surface area contributed by atoms with Crippen LogP contribution in [0.25, 0.3) is 11.5 Å². The number of rotatable bonds is 2. The minimum absolute atomic E-state index is 0.122. The fourth-order valence-corrected chi connectivity index (χ4v) is 2.79. The van der Waals surface area contributed by atoms with Gasteiger partial charge in [-0.05, 0) is 44.9 Å². The van der Waals surface area contributed by atoms with E-state index in [1.807, 2.05) is 19.1 Å². The van der Waals surface area contributed by atoms with Crippen LogP contribution in [0.3, 0.4) is 0 Å². The molecule has 0 spiro atoms. The van der Waals surface area contributed by atoms with Crippen LogP contribution >= 0.6 is 0 Å². The van der Waals surface area contributed by atoms with E-state index in [1.165, 1.54) is 11.8 Å². The third-order valence-corrected chi connectivity index (χ3v) is 3.92. The maximum Gasteiger partial charge on any atom is 0.321 e. The maximum atomic E-state index is 14.1. The first-order valence-electron chi connectivity index (χ1n) is 7.71. The summed E-state index contributed by atoms with van der Waals surface area (Å²) in [4.78, 5) is 18.0. The van der Waals surface area contributed by atoms with E-state index in [9.17, 15) is 9.18 Å². The highest BCUT2D eigenvalue weighted by Gasteiger charge is 2.32. The van der Waals surface area contributed by atoms with Crippen LogP contribution in [0.5, 0.6) is 0 Å². The molecule has 2 aromatic rings. The first-order chi connectivity index (χ1) is 10.9. The molecule has 1 fully saturated rings. The first-order valence-corrected chi connectivity index (χ1v) is 7.71. The summed E-state index contributed by atoms with van der Waals surface area (Å²) in [5.74, 6) is 1.23. The van der Waals surface area contributed by atoms with Crippen LogP contribution < -0.4 is 5.32 Å². The average molecular weight is 317 g/mol. The molecule has 1 aromatic heterocycles. The van der Waals surface area contributed by atoms with E-state index in [4.69, 9.17) is 4.42 Å². The summed E-state index contributed by atoms with van der Waals surface area (Å²) >= 11 is 0. The number of benzene rings is 1. The predicted molar refractivity (Wildman–Crippen MR) is 86.0 cm³/mol. The highest BCUT2D eigenvalue weighted by atomic mass is 19.1. The number of urea groups is 1. The van der Waals surface area contributed by atoms with Gasteiger partial charge in [0.15, 0.2) is 0 Å². The van der Waals surface area contributed by atoms with Crippen molar-refractivity contribution in [3.05, 3.63) is 36.2 Å². The number of nitrogens with zero attached hydrogens (tertiary/aromatic N) is 2. The van der Waals surface area contributed by atoms with Gasteiger partial charge in [0.2, 0.25) is 5.89 Å². The van der Waals surface area contributed by atoms with Crippen molar-refractivity contribution < 1.29 is 13.6 Å². The van der Waals surface area contributed by atoms with Crippen LogP contribution in [-0.2, 0) is 0 Å². The first kappa shape index (κ1) is 15.5. The molecular formula is C17H20FN3O2. The molecule has 0 radical (unpaired) electrons. The third kappa shape index (κ3) is 3.70. The van der Waals surface area contributed by atoms with Gasteiger partial charge in [0.25, 0.3) is 0 Å². The van der Waals surface area contributed by atoms with Gasteiger partial charge in [-0.15, -0.1) is 0 Å². The second kappa shape index (κ2) is 6.02. The highest BCUT2D eigenvalue weighted by Crippen LogP contribution is 2.26. The minimum atomic E-state index is -1.31. The number of carbonyl (C=O) groups is 1. The van der Waals surface area contributed by atoms with Gasteiger partial charge < -0.3 is 14.6 Å².